The number of carbonyl (C=O) groups excluding carboxylic acids is 1. The van der Waals surface area contributed by atoms with Crippen LogP contribution in [0.1, 0.15) is 15.4 Å². The average Bonchev–Trinajstić information content (AvgIpc) is 3.04. The van der Waals surface area contributed by atoms with Crippen LogP contribution >= 0.6 is 22.9 Å². The van der Waals surface area contributed by atoms with Crippen molar-refractivity contribution in [2.75, 3.05) is 31.1 Å². The molecule has 2 heterocycles. The summed E-state index contributed by atoms with van der Waals surface area (Å²) in [5.74, 6) is -0.615. The quantitative estimate of drug-likeness (QED) is 0.801. The molecule has 128 valence electrons. The summed E-state index contributed by atoms with van der Waals surface area (Å²) in [5, 5.41) is 0.616. The number of alkyl halides is 3. The van der Waals surface area contributed by atoms with Crippen LogP contribution in [0.2, 0.25) is 5.02 Å². The van der Waals surface area contributed by atoms with Crippen molar-refractivity contribution in [3.63, 3.8) is 0 Å². The minimum atomic E-state index is -4.62. The molecule has 0 saturated carbocycles. The van der Waals surface area contributed by atoms with Gasteiger partial charge in [-0.05, 0) is 18.2 Å². The molecule has 1 fully saturated rings. The van der Waals surface area contributed by atoms with Crippen molar-refractivity contribution in [2.24, 2.45) is 0 Å². The van der Waals surface area contributed by atoms with Gasteiger partial charge in [0.25, 0.3) is 5.91 Å². The van der Waals surface area contributed by atoms with Crippen molar-refractivity contribution >= 4 is 34.5 Å². The molecule has 1 amide bonds. The first kappa shape index (κ1) is 17.0. The van der Waals surface area contributed by atoms with Crippen LogP contribution < -0.4 is 4.90 Å². The van der Waals surface area contributed by atoms with E-state index in [4.69, 9.17) is 11.6 Å². The van der Waals surface area contributed by atoms with Crippen LogP contribution in [0.25, 0.3) is 0 Å². The maximum absolute atomic E-state index is 12.9. The fraction of sp³-hybridized carbons (Fsp3) is 0.333. The number of piperazine rings is 1. The molecule has 0 spiro atoms. The highest BCUT2D eigenvalue weighted by Gasteiger charge is 2.39. The van der Waals surface area contributed by atoms with Crippen LogP contribution in [0, 0.1) is 0 Å². The van der Waals surface area contributed by atoms with Crippen molar-refractivity contribution in [1.82, 2.24) is 9.88 Å². The first-order valence-corrected chi connectivity index (χ1v) is 8.42. The summed E-state index contributed by atoms with van der Waals surface area (Å²) in [4.78, 5) is 18.8. The summed E-state index contributed by atoms with van der Waals surface area (Å²) in [6.07, 6.45) is -4.62. The van der Waals surface area contributed by atoms with Crippen molar-refractivity contribution in [2.45, 2.75) is 6.18 Å². The van der Waals surface area contributed by atoms with Gasteiger partial charge >= 0.3 is 6.18 Å². The van der Waals surface area contributed by atoms with Crippen LogP contribution in [-0.2, 0) is 6.18 Å². The standard InChI is InChI=1S/C15H13ClF3N3OS/c16-10-2-1-3-11(8-10)21-4-6-22(7-5-21)14(23)12-13(15(17,18)19)20-9-24-12/h1-3,8-9H,4-7H2. The Bertz CT molecular complexity index is 742. The minimum absolute atomic E-state index is 0.348. The third-order valence-corrected chi connectivity index (χ3v) is 4.82. The first-order chi connectivity index (χ1) is 11.4. The van der Waals surface area contributed by atoms with Crippen molar-refractivity contribution in [3.05, 3.63) is 45.4 Å². The minimum Gasteiger partial charge on any atom is -0.368 e. The number of anilines is 1. The summed E-state index contributed by atoms with van der Waals surface area (Å²) in [5.41, 5.74) is 0.885. The van der Waals surface area contributed by atoms with Gasteiger partial charge in [-0.1, -0.05) is 17.7 Å². The van der Waals surface area contributed by atoms with Crippen molar-refractivity contribution in [3.8, 4) is 0 Å². The molecular formula is C15H13ClF3N3OS. The highest BCUT2D eigenvalue weighted by Crippen LogP contribution is 2.33. The Hall–Kier alpha value is -1.80. The molecule has 1 aromatic carbocycles. The van der Waals surface area contributed by atoms with Gasteiger partial charge < -0.3 is 9.80 Å². The predicted molar refractivity (Wildman–Crippen MR) is 86.7 cm³/mol. The molecule has 0 N–H and O–H groups in total. The van der Waals surface area contributed by atoms with Gasteiger partial charge in [0.15, 0.2) is 5.69 Å². The van der Waals surface area contributed by atoms with E-state index in [1.165, 1.54) is 4.90 Å². The Kier molecular flexibility index (Phi) is 4.69. The van der Waals surface area contributed by atoms with Crippen LogP contribution in [0.4, 0.5) is 18.9 Å². The van der Waals surface area contributed by atoms with Crippen LogP contribution in [0.5, 0.6) is 0 Å². The van der Waals surface area contributed by atoms with E-state index in [1.807, 2.05) is 23.1 Å². The molecule has 1 saturated heterocycles. The molecule has 0 bridgehead atoms. The van der Waals surface area contributed by atoms with Crippen LogP contribution in [0.3, 0.4) is 0 Å². The van der Waals surface area contributed by atoms with Gasteiger partial charge in [-0.15, -0.1) is 11.3 Å². The number of thiazole rings is 1. The lowest BCUT2D eigenvalue weighted by Gasteiger charge is -2.36. The summed E-state index contributed by atoms with van der Waals surface area (Å²) in [6.45, 7) is 1.76. The number of carbonyl (C=O) groups is 1. The number of nitrogens with zero attached hydrogens (tertiary/aromatic N) is 3. The fourth-order valence-electron chi connectivity index (χ4n) is 2.58. The van der Waals surface area contributed by atoms with Gasteiger partial charge in [0.05, 0.1) is 5.51 Å². The molecule has 3 rings (SSSR count). The molecule has 1 aliphatic rings. The zero-order chi connectivity index (χ0) is 17.3. The third-order valence-electron chi connectivity index (χ3n) is 3.77. The highest BCUT2D eigenvalue weighted by molar-refractivity contribution is 7.11. The van der Waals surface area contributed by atoms with E-state index >= 15 is 0 Å². The van der Waals surface area contributed by atoms with E-state index in [0.29, 0.717) is 31.2 Å². The van der Waals surface area contributed by atoms with E-state index in [9.17, 15) is 18.0 Å². The van der Waals surface area contributed by atoms with E-state index < -0.39 is 17.8 Å². The second kappa shape index (κ2) is 6.60. The molecule has 0 aliphatic carbocycles. The summed E-state index contributed by atoms with van der Waals surface area (Å²) in [6, 6.07) is 7.34. The molecule has 2 aromatic rings. The first-order valence-electron chi connectivity index (χ1n) is 7.17. The van der Waals surface area contributed by atoms with E-state index in [0.717, 1.165) is 22.5 Å². The van der Waals surface area contributed by atoms with Gasteiger partial charge in [-0.25, -0.2) is 4.98 Å². The van der Waals surface area contributed by atoms with E-state index in [2.05, 4.69) is 4.98 Å². The summed E-state index contributed by atoms with van der Waals surface area (Å²) in [7, 11) is 0. The highest BCUT2D eigenvalue weighted by atomic mass is 35.5. The molecular weight excluding hydrogens is 363 g/mol. The van der Waals surface area contributed by atoms with Gasteiger partial charge in [0.1, 0.15) is 4.88 Å². The largest absolute Gasteiger partial charge is 0.434 e. The Morgan fingerprint density at radius 2 is 1.92 bits per heavy atom. The molecule has 9 heteroatoms. The molecule has 24 heavy (non-hydrogen) atoms. The molecule has 1 aromatic heterocycles. The maximum Gasteiger partial charge on any atom is 0.434 e. The Morgan fingerprint density at radius 1 is 1.21 bits per heavy atom. The third kappa shape index (κ3) is 3.49. The maximum atomic E-state index is 12.9. The van der Waals surface area contributed by atoms with Crippen LogP contribution in [-0.4, -0.2) is 42.0 Å². The molecule has 1 aliphatic heterocycles. The topological polar surface area (TPSA) is 36.4 Å². The normalized spacial score (nSPS) is 15.7. The lowest BCUT2D eigenvalue weighted by Crippen LogP contribution is -2.48. The molecule has 0 radical (unpaired) electrons. The Balaban J connectivity index is 1.69. The number of halogens is 4. The fourth-order valence-corrected chi connectivity index (χ4v) is 3.54. The van der Waals surface area contributed by atoms with Crippen LogP contribution in [0.15, 0.2) is 29.8 Å². The number of benzene rings is 1. The van der Waals surface area contributed by atoms with E-state index in [-0.39, 0.29) is 4.88 Å². The second-order valence-electron chi connectivity index (χ2n) is 5.29. The number of hydrogen-bond donors (Lipinski definition) is 0. The summed E-state index contributed by atoms with van der Waals surface area (Å²) < 4.78 is 38.6. The number of hydrogen-bond acceptors (Lipinski definition) is 4. The summed E-state index contributed by atoms with van der Waals surface area (Å²) >= 11 is 6.69. The van der Waals surface area contributed by atoms with Crippen molar-refractivity contribution < 1.29 is 18.0 Å². The smallest absolute Gasteiger partial charge is 0.368 e. The van der Waals surface area contributed by atoms with Gasteiger partial charge in [-0.2, -0.15) is 13.2 Å². The van der Waals surface area contributed by atoms with E-state index in [1.54, 1.807) is 6.07 Å². The number of aromatic nitrogens is 1. The SMILES string of the molecule is O=C(c1scnc1C(F)(F)F)N1CCN(c2cccc(Cl)c2)CC1. The molecule has 0 atom stereocenters. The van der Waals surface area contributed by atoms with Gasteiger partial charge in [0, 0.05) is 36.9 Å². The lowest BCUT2D eigenvalue weighted by molar-refractivity contribution is -0.141. The number of amides is 1. The van der Waals surface area contributed by atoms with Gasteiger partial charge in [-0.3, -0.25) is 4.79 Å². The monoisotopic (exact) mass is 375 g/mol. The van der Waals surface area contributed by atoms with Crippen molar-refractivity contribution in [1.29, 1.82) is 0 Å². The second-order valence-corrected chi connectivity index (χ2v) is 6.58. The lowest BCUT2D eigenvalue weighted by atomic mass is 10.2. The Morgan fingerprint density at radius 3 is 2.54 bits per heavy atom. The van der Waals surface area contributed by atoms with Gasteiger partial charge in [0.2, 0.25) is 0 Å². The Labute approximate surface area is 145 Å². The predicted octanol–water partition coefficient (Wildman–Crippen LogP) is 3.78. The zero-order valence-electron chi connectivity index (χ0n) is 12.4. The molecule has 0 unspecified atom stereocenters. The zero-order valence-corrected chi connectivity index (χ0v) is 14.0. The molecule has 4 nitrogen and oxygen atoms in total. The number of rotatable bonds is 2. The average molecular weight is 376 g/mol.